The van der Waals surface area contributed by atoms with Crippen molar-refractivity contribution in [2.45, 2.75) is 13.0 Å². The zero-order chi connectivity index (χ0) is 20.1. The summed E-state index contributed by atoms with van der Waals surface area (Å²) in [6.07, 6.45) is 3.43. The highest BCUT2D eigenvalue weighted by Crippen LogP contribution is 2.15. The number of aromatic nitrogens is 2. The van der Waals surface area contributed by atoms with Crippen molar-refractivity contribution >= 4 is 23.2 Å². The molecule has 0 aliphatic carbocycles. The monoisotopic (exact) mass is 379 g/mol. The number of rotatable bonds is 6. The van der Waals surface area contributed by atoms with Crippen LogP contribution in [0.3, 0.4) is 0 Å². The highest BCUT2D eigenvalue weighted by atomic mass is 16.6. The number of nitrogens with zero attached hydrogens (tertiary/aromatic N) is 3. The van der Waals surface area contributed by atoms with Gasteiger partial charge in [-0.25, -0.2) is 4.68 Å². The number of carbonyl (C=O) groups excluding carboxylic acids is 2. The van der Waals surface area contributed by atoms with Crippen molar-refractivity contribution in [1.82, 2.24) is 15.1 Å². The maximum Gasteiger partial charge on any atom is 0.270 e. The fraction of sp³-hybridized carbons (Fsp3) is 0.105. The van der Waals surface area contributed by atoms with Gasteiger partial charge in [0.1, 0.15) is 6.04 Å². The fourth-order valence-electron chi connectivity index (χ4n) is 2.50. The standard InChI is InChI=1S/C19H17N5O4/c1-13(21-19(26)14-5-2-8-17(11-14)24(27)28)18(25)22-15-6-3-7-16(12-15)23-10-4-9-20-23/h2-13H,1H3,(H,21,26)(H,22,25)/t13-/m0/s1. The van der Waals surface area contributed by atoms with Gasteiger partial charge in [-0.2, -0.15) is 5.10 Å². The van der Waals surface area contributed by atoms with Crippen LogP contribution in [0, 0.1) is 10.1 Å². The van der Waals surface area contributed by atoms with Gasteiger partial charge in [0.2, 0.25) is 5.91 Å². The minimum absolute atomic E-state index is 0.106. The molecular formula is C19H17N5O4. The van der Waals surface area contributed by atoms with Gasteiger partial charge in [-0.15, -0.1) is 0 Å². The van der Waals surface area contributed by atoms with E-state index in [4.69, 9.17) is 0 Å². The molecule has 0 aliphatic rings. The number of nitro benzene ring substituents is 1. The summed E-state index contributed by atoms with van der Waals surface area (Å²) in [4.78, 5) is 34.9. The molecule has 2 amide bonds. The molecule has 2 N–H and O–H groups in total. The Hall–Kier alpha value is -4.01. The van der Waals surface area contributed by atoms with Crippen LogP contribution < -0.4 is 10.6 Å². The molecule has 1 aromatic heterocycles. The topological polar surface area (TPSA) is 119 Å². The number of amides is 2. The highest BCUT2D eigenvalue weighted by molar-refractivity contribution is 6.01. The Morgan fingerprint density at radius 3 is 2.64 bits per heavy atom. The normalized spacial score (nSPS) is 11.5. The van der Waals surface area contributed by atoms with Crippen molar-refractivity contribution in [2.24, 2.45) is 0 Å². The van der Waals surface area contributed by atoms with E-state index in [9.17, 15) is 19.7 Å². The summed E-state index contributed by atoms with van der Waals surface area (Å²) in [5.41, 5.74) is 1.24. The first kappa shape index (κ1) is 18.8. The first-order valence-electron chi connectivity index (χ1n) is 8.40. The number of carbonyl (C=O) groups is 2. The van der Waals surface area contributed by atoms with Crippen LogP contribution in [0.5, 0.6) is 0 Å². The average molecular weight is 379 g/mol. The van der Waals surface area contributed by atoms with Gasteiger partial charge < -0.3 is 10.6 Å². The van der Waals surface area contributed by atoms with Crippen LogP contribution in [-0.4, -0.2) is 32.6 Å². The van der Waals surface area contributed by atoms with E-state index >= 15 is 0 Å². The lowest BCUT2D eigenvalue weighted by Crippen LogP contribution is -2.41. The van der Waals surface area contributed by atoms with Crippen LogP contribution >= 0.6 is 0 Å². The molecule has 0 saturated carbocycles. The molecule has 1 atom stereocenters. The maximum atomic E-state index is 12.4. The predicted octanol–water partition coefficient (Wildman–Crippen LogP) is 2.54. The Morgan fingerprint density at radius 1 is 1.14 bits per heavy atom. The number of hydrogen-bond donors (Lipinski definition) is 2. The number of non-ortho nitro benzene ring substituents is 1. The third kappa shape index (κ3) is 4.39. The van der Waals surface area contributed by atoms with E-state index in [0.29, 0.717) is 5.69 Å². The molecule has 9 nitrogen and oxygen atoms in total. The Balaban J connectivity index is 1.65. The first-order valence-corrected chi connectivity index (χ1v) is 8.40. The summed E-state index contributed by atoms with van der Waals surface area (Å²) in [5, 5.41) is 20.2. The van der Waals surface area contributed by atoms with E-state index in [1.165, 1.54) is 25.1 Å². The molecule has 0 aliphatic heterocycles. The number of nitro groups is 1. The second-order valence-corrected chi connectivity index (χ2v) is 5.99. The molecule has 3 rings (SSSR count). The summed E-state index contributed by atoms with van der Waals surface area (Å²) in [6.45, 7) is 1.53. The lowest BCUT2D eigenvalue weighted by molar-refractivity contribution is -0.384. The second kappa shape index (κ2) is 8.12. The molecule has 9 heteroatoms. The van der Waals surface area contributed by atoms with Gasteiger partial charge in [-0.1, -0.05) is 12.1 Å². The van der Waals surface area contributed by atoms with Gasteiger partial charge in [0.15, 0.2) is 0 Å². The molecule has 1 heterocycles. The first-order chi connectivity index (χ1) is 13.4. The molecule has 3 aromatic rings. The maximum absolute atomic E-state index is 12.4. The molecular weight excluding hydrogens is 362 g/mol. The third-order valence-corrected chi connectivity index (χ3v) is 3.94. The quantitative estimate of drug-likeness (QED) is 0.504. The van der Waals surface area contributed by atoms with Crippen molar-refractivity contribution in [2.75, 3.05) is 5.32 Å². The van der Waals surface area contributed by atoms with Gasteiger partial charge in [-0.05, 0) is 37.3 Å². The number of hydrogen-bond acceptors (Lipinski definition) is 5. The third-order valence-electron chi connectivity index (χ3n) is 3.94. The summed E-state index contributed by atoms with van der Waals surface area (Å²) in [7, 11) is 0. The molecule has 0 saturated heterocycles. The van der Waals surface area contributed by atoms with Crippen LogP contribution in [0.1, 0.15) is 17.3 Å². The van der Waals surface area contributed by atoms with Crippen LogP contribution in [-0.2, 0) is 4.79 Å². The van der Waals surface area contributed by atoms with E-state index in [1.807, 2.05) is 6.07 Å². The number of benzene rings is 2. The SMILES string of the molecule is C[C@H](NC(=O)c1cccc([N+](=O)[O-])c1)C(=O)Nc1cccc(-n2cccn2)c1. The smallest absolute Gasteiger partial charge is 0.270 e. The van der Waals surface area contributed by atoms with E-state index in [1.54, 1.807) is 41.3 Å². The van der Waals surface area contributed by atoms with Crippen LogP contribution in [0.25, 0.3) is 5.69 Å². The molecule has 2 aromatic carbocycles. The molecule has 0 spiro atoms. The lowest BCUT2D eigenvalue weighted by atomic mass is 10.1. The fourth-order valence-corrected chi connectivity index (χ4v) is 2.50. The largest absolute Gasteiger partial charge is 0.341 e. The zero-order valence-electron chi connectivity index (χ0n) is 14.9. The Kier molecular flexibility index (Phi) is 5.45. The van der Waals surface area contributed by atoms with Gasteiger partial charge >= 0.3 is 0 Å². The lowest BCUT2D eigenvalue weighted by Gasteiger charge is -2.14. The minimum Gasteiger partial charge on any atom is -0.341 e. The number of anilines is 1. The van der Waals surface area contributed by atoms with Crippen LogP contribution in [0.4, 0.5) is 11.4 Å². The van der Waals surface area contributed by atoms with E-state index in [-0.39, 0.29) is 11.3 Å². The summed E-state index contributed by atoms with van der Waals surface area (Å²) < 4.78 is 1.66. The van der Waals surface area contributed by atoms with Crippen molar-refractivity contribution in [3.63, 3.8) is 0 Å². The van der Waals surface area contributed by atoms with Crippen molar-refractivity contribution in [3.8, 4) is 5.69 Å². The average Bonchev–Trinajstić information content (AvgIpc) is 3.23. The van der Waals surface area contributed by atoms with Crippen LogP contribution in [0.2, 0.25) is 0 Å². The minimum atomic E-state index is -0.847. The van der Waals surface area contributed by atoms with E-state index < -0.39 is 22.8 Å². The Bertz CT molecular complexity index is 1020. The van der Waals surface area contributed by atoms with Crippen molar-refractivity contribution in [1.29, 1.82) is 0 Å². The Morgan fingerprint density at radius 2 is 1.93 bits per heavy atom. The van der Waals surface area contributed by atoms with Gasteiger partial charge in [0.25, 0.3) is 11.6 Å². The Labute approximate surface area is 160 Å². The van der Waals surface area contributed by atoms with Crippen LogP contribution in [0.15, 0.2) is 67.0 Å². The molecule has 142 valence electrons. The van der Waals surface area contributed by atoms with E-state index in [0.717, 1.165) is 11.8 Å². The van der Waals surface area contributed by atoms with Crippen molar-refractivity contribution < 1.29 is 14.5 Å². The van der Waals surface area contributed by atoms with Crippen molar-refractivity contribution in [3.05, 3.63) is 82.7 Å². The number of nitrogens with one attached hydrogen (secondary N) is 2. The zero-order valence-corrected chi connectivity index (χ0v) is 14.9. The van der Waals surface area contributed by atoms with Gasteiger partial charge in [0, 0.05) is 35.8 Å². The van der Waals surface area contributed by atoms with Gasteiger partial charge in [-0.3, -0.25) is 19.7 Å². The van der Waals surface area contributed by atoms with E-state index in [2.05, 4.69) is 15.7 Å². The highest BCUT2D eigenvalue weighted by Gasteiger charge is 2.18. The summed E-state index contributed by atoms with van der Waals surface area (Å²) in [6, 6.07) is 13.3. The predicted molar refractivity (Wildman–Crippen MR) is 102 cm³/mol. The summed E-state index contributed by atoms with van der Waals surface area (Å²) in [5.74, 6) is -0.993. The molecule has 0 bridgehead atoms. The second-order valence-electron chi connectivity index (χ2n) is 5.99. The molecule has 0 fully saturated rings. The summed E-state index contributed by atoms with van der Waals surface area (Å²) >= 11 is 0. The van der Waals surface area contributed by atoms with Gasteiger partial charge in [0.05, 0.1) is 10.6 Å². The molecule has 28 heavy (non-hydrogen) atoms. The molecule has 0 radical (unpaired) electrons. The molecule has 0 unspecified atom stereocenters.